The summed E-state index contributed by atoms with van der Waals surface area (Å²) in [5.74, 6) is 0.255. The van der Waals surface area contributed by atoms with Gasteiger partial charge in [0.1, 0.15) is 0 Å². The molecular weight excluding hydrogens is 136 g/mol. The van der Waals surface area contributed by atoms with Crippen LogP contribution in [-0.2, 0) is 0 Å². The molecule has 0 aliphatic carbocycles. The summed E-state index contributed by atoms with van der Waals surface area (Å²) in [6.45, 7) is 3.99. The van der Waals surface area contributed by atoms with Gasteiger partial charge in [-0.15, -0.1) is 0 Å². The van der Waals surface area contributed by atoms with Crippen LogP contribution in [0.3, 0.4) is 0 Å². The third kappa shape index (κ3) is 1.87. The number of pyridine rings is 1. The van der Waals surface area contributed by atoms with E-state index >= 15 is 0 Å². The van der Waals surface area contributed by atoms with Crippen molar-refractivity contribution in [2.75, 3.05) is 0 Å². The highest BCUT2D eigenvalue weighted by atomic mass is 14.7. The summed E-state index contributed by atoms with van der Waals surface area (Å²) in [6, 6.07) is 5.62. The summed E-state index contributed by atoms with van der Waals surface area (Å²) in [6.07, 6.45) is 1.71. The molecule has 0 atom stereocenters. The van der Waals surface area contributed by atoms with Gasteiger partial charge in [0.2, 0.25) is 0 Å². The molecule has 1 aromatic heterocycles. The van der Waals surface area contributed by atoms with Crippen LogP contribution >= 0.6 is 0 Å². The summed E-state index contributed by atoms with van der Waals surface area (Å²) in [5, 5.41) is 7.62. The van der Waals surface area contributed by atoms with E-state index in [1.807, 2.05) is 32.0 Å². The molecule has 0 fully saturated rings. The Morgan fingerprint density at radius 2 is 2.18 bits per heavy atom. The lowest BCUT2D eigenvalue weighted by atomic mass is 10.1. The number of hydrogen-bond donors (Lipinski definition) is 1. The van der Waals surface area contributed by atoms with Gasteiger partial charge in [-0.25, -0.2) is 0 Å². The van der Waals surface area contributed by atoms with Gasteiger partial charge in [0.15, 0.2) is 0 Å². The van der Waals surface area contributed by atoms with E-state index in [-0.39, 0.29) is 5.92 Å². The van der Waals surface area contributed by atoms with Gasteiger partial charge < -0.3 is 5.41 Å². The van der Waals surface area contributed by atoms with Crippen LogP contribution in [0.4, 0.5) is 0 Å². The number of nitrogens with zero attached hydrogens (tertiary/aromatic N) is 1. The van der Waals surface area contributed by atoms with Crippen molar-refractivity contribution in [1.29, 1.82) is 5.41 Å². The van der Waals surface area contributed by atoms with Crippen LogP contribution in [0.1, 0.15) is 19.5 Å². The lowest BCUT2D eigenvalue weighted by Gasteiger charge is -2.04. The summed E-state index contributed by atoms with van der Waals surface area (Å²) < 4.78 is 0. The van der Waals surface area contributed by atoms with Gasteiger partial charge in [-0.1, -0.05) is 19.9 Å². The molecule has 58 valence electrons. The maximum Gasteiger partial charge on any atom is 0.0839 e. The van der Waals surface area contributed by atoms with Crippen LogP contribution in [-0.4, -0.2) is 10.7 Å². The molecule has 1 rings (SSSR count). The summed E-state index contributed by atoms with van der Waals surface area (Å²) in [4.78, 5) is 4.08. The van der Waals surface area contributed by atoms with Crippen LogP contribution in [0.15, 0.2) is 24.4 Å². The van der Waals surface area contributed by atoms with Gasteiger partial charge in [-0.2, -0.15) is 0 Å². The normalized spacial score (nSPS) is 10.1. The van der Waals surface area contributed by atoms with Crippen molar-refractivity contribution < 1.29 is 0 Å². The van der Waals surface area contributed by atoms with E-state index in [1.165, 1.54) is 0 Å². The highest BCUT2D eigenvalue weighted by Crippen LogP contribution is 2.03. The third-order valence-electron chi connectivity index (χ3n) is 1.52. The lowest BCUT2D eigenvalue weighted by molar-refractivity contribution is 0.872. The molecule has 0 aliphatic rings. The predicted octanol–water partition coefficient (Wildman–Crippen LogP) is 2.11. The average Bonchev–Trinajstić information content (AvgIpc) is 2.05. The van der Waals surface area contributed by atoms with E-state index in [0.717, 1.165) is 5.69 Å². The second-order valence-corrected chi connectivity index (χ2v) is 2.78. The fourth-order valence-corrected chi connectivity index (χ4v) is 0.818. The van der Waals surface area contributed by atoms with E-state index in [9.17, 15) is 0 Å². The van der Waals surface area contributed by atoms with E-state index in [2.05, 4.69) is 4.98 Å². The van der Waals surface area contributed by atoms with Crippen LogP contribution in [0.2, 0.25) is 0 Å². The maximum atomic E-state index is 7.62. The molecule has 11 heavy (non-hydrogen) atoms. The molecule has 1 aromatic rings. The number of nitrogens with one attached hydrogen (secondary N) is 1. The SMILES string of the molecule is CC(C)C(=N)c1ccccn1. The molecule has 0 spiro atoms. The second kappa shape index (κ2) is 3.28. The quantitative estimate of drug-likeness (QED) is 0.641. The van der Waals surface area contributed by atoms with Gasteiger partial charge in [-0.3, -0.25) is 4.98 Å². The minimum atomic E-state index is 0.255. The molecule has 0 aromatic carbocycles. The first kappa shape index (κ1) is 7.92. The Hall–Kier alpha value is -1.18. The minimum Gasteiger partial charge on any atom is -0.303 e. The summed E-state index contributed by atoms with van der Waals surface area (Å²) in [7, 11) is 0. The van der Waals surface area contributed by atoms with Crippen molar-refractivity contribution in [3.05, 3.63) is 30.1 Å². The Balaban J connectivity index is 2.86. The lowest BCUT2D eigenvalue weighted by Crippen LogP contribution is -2.08. The second-order valence-electron chi connectivity index (χ2n) is 2.78. The van der Waals surface area contributed by atoms with Crippen molar-refractivity contribution in [1.82, 2.24) is 4.98 Å². The molecule has 0 saturated heterocycles. The molecule has 0 amide bonds. The first-order chi connectivity index (χ1) is 5.22. The molecule has 2 nitrogen and oxygen atoms in total. The Morgan fingerprint density at radius 1 is 1.45 bits per heavy atom. The summed E-state index contributed by atoms with van der Waals surface area (Å²) >= 11 is 0. The molecule has 0 unspecified atom stereocenters. The first-order valence-corrected chi connectivity index (χ1v) is 3.71. The molecule has 0 bridgehead atoms. The van der Waals surface area contributed by atoms with Crippen LogP contribution in [0, 0.1) is 11.3 Å². The molecule has 0 saturated carbocycles. The highest BCUT2D eigenvalue weighted by Gasteiger charge is 2.05. The van der Waals surface area contributed by atoms with E-state index in [4.69, 9.17) is 5.41 Å². The molecule has 0 radical (unpaired) electrons. The zero-order valence-corrected chi connectivity index (χ0v) is 6.83. The fourth-order valence-electron chi connectivity index (χ4n) is 0.818. The van der Waals surface area contributed by atoms with Crippen molar-refractivity contribution in [2.24, 2.45) is 5.92 Å². The van der Waals surface area contributed by atoms with Crippen molar-refractivity contribution in [3.8, 4) is 0 Å². The van der Waals surface area contributed by atoms with E-state index < -0.39 is 0 Å². The number of aromatic nitrogens is 1. The first-order valence-electron chi connectivity index (χ1n) is 3.71. The molecule has 1 N–H and O–H groups in total. The monoisotopic (exact) mass is 148 g/mol. The van der Waals surface area contributed by atoms with Crippen molar-refractivity contribution in [3.63, 3.8) is 0 Å². The fraction of sp³-hybridized carbons (Fsp3) is 0.333. The van der Waals surface area contributed by atoms with E-state index in [0.29, 0.717) is 5.71 Å². The predicted molar refractivity (Wildman–Crippen MR) is 45.9 cm³/mol. The van der Waals surface area contributed by atoms with Gasteiger partial charge in [0.25, 0.3) is 0 Å². The van der Waals surface area contributed by atoms with Crippen LogP contribution < -0.4 is 0 Å². The standard InChI is InChI=1S/C9H12N2/c1-7(2)9(10)8-5-3-4-6-11-8/h3-7,10H,1-2H3. The van der Waals surface area contributed by atoms with Gasteiger partial charge in [0, 0.05) is 6.20 Å². The van der Waals surface area contributed by atoms with Gasteiger partial charge >= 0.3 is 0 Å². The Labute approximate surface area is 66.8 Å². The average molecular weight is 148 g/mol. The minimum absolute atomic E-state index is 0.255. The number of rotatable bonds is 2. The van der Waals surface area contributed by atoms with Crippen LogP contribution in [0.25, 0.3) is 0 Å². The Morgan fingerprint density at radius 3 is 2.64 bits per heavy atom. The smallest absolute Gasteiger partial charge is 0.0839 e. The topological polar surface area (TPSA) is 36.7 Å². The number of hydrogen-bond acceptors (Lipinski definition) is 2. The third-order valence-corrected chi connectivity index (χ3v) is 1.52. The summed E-state index contributed by atoms with van der Waals surface area (Å²) in [5.41, 5.74) is 1.38. The van der Waals surface area contributed by atoms with Gasteiger partial charge in [0.05, 0.1) is 11.4 Å². The zero-order valence-electron chi connectivity index (χ0n) is 6.83. The largest absolute Gasteiger partial charge is 0.303 e. The molecule has 1 heterocycles. The van der Waals surface area contributed by atoms with Gasteiger partial charge in [-0.05, 0) is 18.1 Å². The Bertz CT molecular complexity index is 239. The molecule has 2 heteroatoms. The molecule has 0 aliphatic heterocycles. The van der Waals surface area contributed by atoms with Crippen molar-refractivity contribution >= 4 is 5.71 Å². The van der Waals surface area contributed by atoms with Crippen molar-refractivity contribution in [2.45, 2.75) is 13.8 Å². The van der Waals surface area contributed by atoms with E-state index in [1.54, 1.807) is 6.20 Å². The maximum absolute atomic E-state index is 7.62. The van der Waals surface area contributed by atoms with Crippen LogP contribution in [0.5, 0.6) is 0 Å². The Kier molecular flexibility index (Phi) is 2.36. The molecular formula is C9H12N2. The zero-order chi connectivity index (χ0) is 8.27. The highest BCUT2D eigenvalue weighted by molar-refractivity contribution is 5.97.